The van der Waals surface area contributed by atoms with Crippen LogP contribution < -0.4 is 0 Å². The third kappa shape index (κ3) is 2.89. The molecule has 18 heavy (non-hydrogen) atoms. The van der Waals surface area contributed by atoms with Crippen molar-refractivity contribution < 1.29 is 19.5 Å². The van der Waals surface area contributed by atoms with E-state index in [-0.39, 0.29) is 30.6 Å². The van der Waals surface area contributed by atoms with Gasteiger partial charge in [-0.25, -0.2) is 0 Å². The Kier molecular flexibility index (Phi) is 4.48. The van der Waals surface area contributed by atoms with Crippen LogP contribution in [0.25, 0.3) is 0 Å². The number of likely N-dealkylation sites (tertiary alicyclic amines) is 1. The van der Waals surface area contributed by atoms with Crippen LogP contribution in [0.5, 0.6) is 0 Å². The highest BCUT2D eigenvalue weighted by Crippen LogP contribution is 2.39. The molecule has 0 aromatic rings. The smallest absolute Gasteiger partial charge is 0.303 e. The van der Waals surface area contributed by atoms with Crippen molar-refractivity contribution in [3.05, 3.63) is 0 Å². The fraction of sp³-hybridized carbons (Fsp3) is 0.769. The molecule has 5 nitrogen and oxygen atoms in total. The largest absolute Gasteiger partial charge is 0.481 e. The van der Waals surface area contributed by atoms with Gasteiger partial charge in [-0.15, -0.1) is 0 Å². The Hall–Kier alpha value is -1.39. The fourth-order valence-electron chi connectivity index (χ4n) is 2.13. The molecule has 0 radical (unpaired) electrons. The van der Waals surface area contributed by atoms with Crippen LogP contribution in [0.4, 0.5) is 0 Å². The Bertz CT molecular complexity index is 364. The SMILES string of the molecule is CC(C)C1(C)CC(=O)N(CCCCC(=O)O)C1=O. The van der Waals surface area contributed by atoms with Crippen molar-refractivity contribution in [1.82, 2.24) is 4.90 Å². The first kappa shape index (κ1) is 14.7. The highest BCUT2D eigenvalue weighted by atomic mass is 16.4. The average Bonchev–Trinajstić information content (AvgIpc) is 2.47. The van der Waals surface area contributed by atoms with Crippen LogP contribution in [0.2, 0.25) is 0 Å². The molecule has 0 aromatic heterocycles. The molecule has 0 saturated carbocycles. The summed E-state index contributed by atoms with van der Waals surface area (Å²) in [6, 6.07) is 0. The van der Waals surface area contributed by atoms with Gasteiger partial charge in [0, 0.05) is 19.4 Å². The number of amides is 2. The molecule has 1 heterocycles. The Morgan fingerprint density at radius 3 is 2.44 bits per heavy atom. The molecule has 1 fully saturated rings. The van der Waals surface area contributed by atoms with E-state index in [4.69, 9.17) is 5.11 Å². The van der Waals surface area contributed by atoms with Crippen LogP contribution in [0.3, 0.4) is 0 Å². The number of rotatable bonds is 6. The van der Waals surface area contributed by atoms with Gasteiger partial charge in [0.2, 0.25) is 11.8 Å². The monoisotopic (exact) mass is 255 g/mol. The zero-order valence-corrected chi connectivity index (χ0v) is 11.2. The second kappa shape index (κ2) is 5.50. The van der Waals surface area contributed by atoms with Gasteiger partial charge in [-0.05, 0) is 25.7 Å². The van der Waals surface area contributed by atoms with Crippen LogP contribution in [0.15, 0.2) is 0 Å². The zero-order valence-electron chi connectivity index (χ0n) is 11.2. The van der Waals surface area contributed by atoms with Gasteiger partial charge >= 0.3 is 5.97 Å². The standard InChI is InChI=1S/C13H21NO4/c1-9(2)13(3)8-10(15)14(12(13)18)7-5-4-6-11(16)17/h9H,4-8H2,1-3H3,(H,16,17). The number of hydrogen-bond acceptors (Lipinski definition) is 3. The maximum atomic E-state index is 12.2. The molecule has 1 rings (SSSR count). The molecule has 0 aliphatic carbocycles. The minimum Gasteiger partial charge on any atom is -0.481 e. The summed E-state index contributed by atoms with van der Waals surface area (Å²) in [4.78, 5) is 35.7. The summed E-state index contributed by atoms with van der Waals surface area (Å²) >= 11 is 0. The van der Waals surface area contributed by atoms with Gasteiger partial charge in [-0.3, -0.25) is 19.3 Å². The lowest BCUT2D eigenvalue weighted by atomic mass is 9.78. The Morgan fingerprint density at radius 2 is 2.00 bits per heavy atom. The van der Waals surface area contributed by atoms with Gasteiger partial charge in [0.15, 0.2) is 0 Å². The van der Waals surface area contributed by atoms with Crippen molar-refractivity contribution in [2.45, 2.75) is 46.5 Å². The van der Waals surface area contributed by atoms with Crippen molar-refractivity contribution in [1.29, 1.82) is 0 Å². The fourth-order valence-corrected chi connectivity index (χ4v) is 2.13. The highest BCUT2D eigenvalue weighted by Gasteiger charge is 2.49. The molecule has 1 N–H and O–H groups in total. The molecule has 1 aliphatic heterocycles. The summed E-state index contributed by atoms with van der Waals surface area (Å²) in [5, 5.41) is 8.52. The van der Waals surface area contributed by atoms with Crippen molar-refractivity contribution in [2.24, 2.45) is 11.3 Å². The summed E-state index contributed by atoms with van der Waals surface area (Å²) in [6.07, 6.45) is 1.39. The number of carbonyl (C=O) groups is 3. The molecule has 2 amide bonds. The summed E-state index contributed by atoms with van der Waals surface area (Å²) in [5.41, 5.74) is -0.593. The normalized spacial score (nSPS) is 24.1. The number of carboxylic acid groups (broad SMARTS) is 1. The number of hydrogen-bond donors (Lipinski definition) is 1. The van der Waals surface area contributed by atoms with Gasteiger partial charge in [0.05, 0.1) is 5.41 Å². The van der Waals surface area contributed by atoms with Gasteiger partial charge in [0.1, 0.15) is 0 Å². The van der Waals surface area contributed by atoms with Crippen LogP contribution >= 0.6 is 0 Å². The van der Waals surface area contributed by atoms with E-state index in [0.29, 0.717) is 19.4 Å². The predicted molar refractivity (Wildman–Crippen MR) is 65.8 cm³/mol. The number of carbonyl (C=O) groups excluding carboxylic acids is 2. The minimum absolute atomic E-state index is 0.0810. The van der Waals surface area contributed by atoms with E-state index in [1.165, 1.54) is 4.90 Å². The Labute approximate surface area is 107 Å². The Morgan fingerprint density at radius 1 is 1.39 bits per heavy atom. The highest BCUT2D eigenvalue weighted by molar-refractivity contribution is 6.05. The third-order valence-corrected chi connectivity index (χ3v) is 3.85. The van der Waals surface area contributed by atoms with Gasteiger partial charge < -0.3 is 5.11 Å². The van der Waals surface area contributed by atoms with Gasteiger partial charge in [-0.1, -0.05) is 13.8 Å². The van der Waals surface area contributed by atoms with E-state index in [0.717, 1.165) is 0 Å². The lowest BCUT2D eigenvalue weighted by Crippen LogP contribution is -2.37. The first-order valence-electron chi connectivity index (χ1n) is 6.35. The molecule has 0 bridgehead atoms. The second-order valence-corrected chi connectivity index (χ2v) is 5.45. The second-order valence-electron chi connectivity index (χ2n) is 5.45. The summed E-state index contributed by atoms with van der Waals surface area (Å²) in [7, 11) is 0. The summed E-state index contributed by atoms with van der Waals surface area (Å²) in [6.45, 7) is 6.06. The van der Waals surface area contributed by atoms with Crippen molar-refractivity contribution >= 4 is 17.8 Å². The molecule has 0 spiro atoms. The maximum absolute atomic E-state index is 12.2. The number of carboxylic acids is 1. The van der Waals surface area contributed by atoms with Crippen molar-refractivity contribution in [2.75, 3.05) is 6.54 Å². The topological polar surface area (TPSA) is 74.7 Å². The van der Waals surface area contributed by atoms with Crippen LogP contribution in [0.1, 0.15) is 46.5 Å². The van der Waals surface area contributed by atoms with Crippen LogP contribution in [-0.2, 0) is 14.4 Å². The summed E-state index contributed by atoms with van der Waals surface area (Å²) in [5.74, 6) is -0.969. The summed E-state index contributed by atoms with van der Waals surface area (Å²) < 4.78 is 0. The first-order chi connectivity index (χ1) is 8.29. The van der Waals surface area contributed by atoms with E-state index in [1.54, 1.807) is 0 Å². The predicted octanol–water partition coefficient (Wildman–Crippen LogP) is 1.66. The Balaban J connectivity index is 2.55. The molecule has 1 atom stereocenters. The first-order valence-corrected chi connectivity index (χ1v) is 6.35. The van der Waals surface area contributed by atoms with E-state index < -0.39 is 11.4 Å². The molecule has 102 valence electrons. The van der Waals surface area contributed by atoms with Gasteiger partial charge in [-0.2, -0.15) is 0 Å². The van der Waals surface area contributed by atoms with E-state index >= 15 is 0 Å². The zero-order chi connectivity index (χ0) is 13.9. The quantitative estimate of drug-likeness (QED) is 0.578. The lowest BCUT2D eigenvalue weighted by Gasteiger charge is -2.26. The molecule has 5 heteroatoms. The molecular weight excluding hydrogens is 234 g/mol. The minimum atomic E-state index is -0.846. The van der Waals surface area contributed by atoms with Crippen molar-refractivity contribution in [3.63, 3.8) is 0 Å². The molecule has 1 unspecified atom stereocenters. The van der Waals surface area contributed by atoms with Gasteiger partial charge in [0.25, 0.3) is 0 Å². The molecular formula is C13H21NO4. The number of aliphatic carboxylic acids is 1. The lowest BCUT2D eigenvalue weighted by molar-refractivity contribution is -0.142. The van der Waals surface area contributed by atoms with Crippen molar-refractivity contribution in [3.8, 4) is 0 Å². The van der Waals surface area contributed by atoms with Crippen LogP contribution in [0, 0.1) is 11.3 Å². The number of nitrogens with zero attached hydrogens (tertiary/aromatic N) is 1. The number of imide groups is 1. The molecule has 0 aromatic carbocycles. The third-order valence-electron chi connectivity index (χ3n) is 3.85. The molecule has 1 saturated heterocycles. The maximum Gasteiger partial charge on any atom is 0.303 e. The molecule has 1 aliphatic rings. The van der Waals surface area contributed by atoms with E-state index in [2.05, 4.69) is 0 Å². The average molecular weight is 255 g/mol. The van der Waals surface area contributed by atoms with E-state index in [1.807, 2.05) is 20.8 Å². The van der Waals surface area contributed by atoms with E-state index in [9.17, 15) is 14.4 Å². The van der Waals surface area contributed by atoms with Crippen LogP contribution in [-0.4, -0.2) is 34.3 Å². The number of unbranched alkanes of at least 4 members (excludes halogenated alkanes) is 1.